The molecule has 1 aliphatic heterocycles. The fourth-order valence-corrected chi connectivity index (χ4v) is 3.94. The van der Waals surface area contributed by atoms with Crippen LogP contribution in [0, 0.1) is 0 Å². The van der Waals surface area contributed by atoms with Crippen LogP contribution in [0.4, 0.5) is 0 Å². The van der Waals surface area contributed by atoms with Crippen LogP contribution in [0.2, 0.25) is 0 Å². The van der Waals surface area contributed by atoms with Crippen molar-refractivity contribution in [3.63, 3.8) is 0 Å². The van der Waals surface area contributed by atoms with Gasteiger partial charge in [0.05, 0.1) is 18.5 Å². The fraction of sp³-hybridized carbons (Fsp3) is 0.294. The molecule has 3 N–H and O–H groups in total. The number of hydrogen-bond acceptors (Lipinski definition) is 4. The molecule has 2 atom stereocenters. The Hall–Kier alpha value is -2.18. The molecule has 6 heteroatoms. The number of carbonyl (C=O) groups excluding carboxylic acids is 1. The highest BCUT2D eigenvalue weighted by Crippen LogP contribution is 2.37. The third kappa shape index (κ3) is 3.13. The predicted octanol–water partition coefficient (Wildman–Crippen LogP) is 2.02. The van der Waals surface area contributed by atoms with Gasteiger partial charge in [-0.25, -0.2) is 0 Å². The van der Waals surface area contributed by atoms with Crippen LogP contribution in [0.3, 0.4) is 0 Å². The molecule has 5 nitrogen and oxygen atoms in total. The first-order chi connectivity index (χ1) is 11.1. The number of thiophene rings is 1. The van der Waals surface area contributed by atoms with Crippen LogP contribution in [-0.4, -0.2) is 34.5 Å². The van der Waals surface area contributed by atoms with Crippen molar-refractivity contribution in [2.24, 2.45) is 5.73 Å². The molecule has 0 bridgehead atoms. The quantitative estimate of drug-likeness (QED) is 0.898. The number of benzene rings is 1. The van der Waals surface area contributed by atoms with Gasteiger partial charge in [-0.15, -0.1) is 11.3 Å². The molecular formula is C17H18N2O3S. The molecule has 3 rings (SSSR count). The number of hydrogen-bond donors (Lipinski definition) is 2. The molecule has 1 aromatic heterocycles. The summed E-state index contributed by atoms with van der Waals surface area (Å²) < 4.78 is 0. The van der Waals surface area contributed by atoms with E-state index in [1.165, 1.54) is 4.88 Å². The summed E-state index contributed by atoms with van der Waals surface area (Å²) in [7, 11) is 0. The molecule has 0 spiro atoms. The first kappa shape index (κ1) is 15.7. The number of nitrogens with zero attached hydrogens (tertiary/aromatic N) is 1. The number of rotatable bonds is 4. The molecule has 0 saturated heterocycles. The van der Waals surface area contributed by atoms with Crippen LogP contribution in [-0.2, 0) is 16.0 Å². The molecule has 1 amide bonds. The van der Waals surface area contributed by atoms with E-state index in [1.54, 1.807) is 16.2 Å². The Bertz CT molecular complexity index is 714. The van der Waals surface area contributed by atoms with Gasteiger partial charge in [0.1, 0.15) is 0 Å². The number of fused-ring (bicyclic) bond motifs is 1. The molecule has 1 unspecified atom stereocenters. The van der Waals surface area contributed by atoms with E-state index < -0.39 is 12.0 Å². The number of carboxylic acids is 1. The SMILES string of the molecule is N[C@@H](CC(=O)O)C(=O)N1CCc2sccc2C1c1ccccc1. The van der Waals surface area contributed by atoms with Gasteiger partial charge in [0.25, 0.3) is 0 Å². The molecule has 0 saturated carbocycles. The maximum atomic E-state index is 12.7. The second-order valence-electron chi connectivity index (χ2n) is 5.60. The second kappa shape index (κ2) is 6.52. The standard InChI is InChI=1S/C17H18N2O3S/c18-13(10-15(20)21)17(22)19-8-6-14-12(7-9-23-14)16(19)11-4-2-1-3-5-11/h1-5,7,9,13,16H,6,8,10,18H2,(H,20,21)/t13-,16?/m0/s1. The summed E-state index contributed by atoms with van der Waals surface area (Å²) in [6, 6.07) is 10.6. The van der Waals surface area contributed by atoms with Gasteiger partial charge in [-0.3, -0.25) is 9.59 Å². The lowest BCUT2D eigenvalue weighted by Crippen LogP contribution is -2.48. The Morgan fingerprint density at radius 3 is 2.74 bits per heavy atom. The van der Waals surface area contributed by atoms with Gasteiger partial charge in [0.15, 0.2) is 0 Å². The minimum absolute atomic E-state index is 0.196. The fourth-order valence-electron chi connectivity index (χ4n) is 3.04. The van der Waals surface area contributed by atoms with E-state index in [4.69, 9.17) is 10.8 Å². The average molecular weight is 330 g/mol. The Kier molecular flexibility index (Phi) is 4.45. The minimum Gasteiger partial charge on any atom is -0.481 e. The Balaban J connectivity index is 1.96. The Morgan fingerprint density at radius 1 is 1.30 bits per heavy atom. The lowest BCUT2D eigenvalue weighted by Gasteiger charge is -2.37. The summed E-state index contributed by atoms with van der Waals surface area (Å²) in [5.41, 5.74) is 7.95. The number of aliphatic carboxylic acids is 1. The summed E-state index contributed by atoms with van der Waals surface area (Å²) in [5, 5.41) is 10.9. The summed E-state index contributed by atoms with van der Waals surface area (Å²) in [6.45, 7) is 0.555. The molecule has 2 heterocycles. The van der Waals surface area contributed by atoms with Crippen molar-refractivity contribution in [1.82, 2.24) is 4.90 Å². The molecule has 1 aliphatic rings. The van der Waals surface area contributed by atoms with Gasteiger partial charge < -0.3 is 15.7 Å². The van der Waals surface area contributed by atoms with Crippen molar-refractivity contribution in [3.8, 4) is 0 Å². The van der Waals surface area contributed by atoms with Gasteiger partial charge in [-0.05, 0) is 29.0 Å². The zero-order valence-electron chi connectivity index (χ0n) is 12.5. The lowest BCUT2D eigenvalue weighted by atomic mass is 9.92. The van der Waals surface area contributed by atoms with Crippen molar-refractivity contribution in [2.45, 2.75) is 24.9 Å². The highest BCUT2D eigenvalue weighted by atomic mass is 32.1. The van der Waals surface area contributed by atoms with Crippen molar-refractivity contribution < 1.29 is 14.7 Å². The topological polar surface area (TPSA) is 83.6 Å². The smallest absolute Gasteiger partial charge is 0.305 e. The summed E-state index contributed by atoms with van der Waals surface area (Å²) in [5.74, 6) is -1.37. The maximum Gasteiger partial charge on any atom is 0.305 e. The number of carbonyl (C=O) groups is 2. The van der Waals surface area contributed by atoms with E-state index in [0.29, 0.717) is 6.54 Å². The van der Waals surface area contributed by atoms with E-state index in [1.807, 2.05) is 41.8 Å². The van der Waals surface area contributed by atoms with Crippen LogP contribution >= 0.6 is 11.3 Å². The van der Waals surface area contributed by atoms with Crippen LogP contribution in [0.15, 0.2) is 41.8 Å². The molecule has 120 valence electrons. The van der Waals surface area contributed by atoms with Gasteiger partial charge in [-0.1, -0.05) is 30.3 Å². The molecule has 1 aromatic carbocycles. The number of nitrogens with two attached hydrogens (primary N) is 1. The van der Waals surface area contributed by atoms with Gasteiger partial charge in [0, 0.05) is 11.4 Å². The number of amides is 1. The van der Waals surface area contributed by atoms with Crippen molar-refractivity contribution >= 4 is 23.2 Å². The molecule has 0 fully saturated rings. The van der Waals surface area contributed by atoms with E-state index in [9.17, 15) is 9.59 Å². The highest BCUT2D eigenvalue weighted by Gasteiger charge is 2.35. The monoisotopic (exact) mass is 330 g/mol. The minimum atomic E-state index is -1.06. The van der Waals surface area contributed by atoms with Gasteiger partial charge in [0.2, 0.25) is 5.91 Å². The van der Waals surface area contributed by atoms with E-state index >= 15 is 0 Å². The number of carboxylic acid groups (broad SMARTS) is 1. The lowest BCUT2D eigenvalue weighted by molar-refractivity contribution is -0.142. The molecule has 23 heavy (non-hydrogen) atoms. The Morgan fingerprint density at radius 2 is 2.04 bits per heavy atom. The summed E-state index contributed by atoms with van der Waals surface area (Å²) in [4.78, 5) is 26.5. The molecule has 2 aromatic rings. The van der Waals surface area contributed by atoms with Crippen LogP contribution in [0.1, 0.15) is 28.5 Å². The normalized spacial score (nSPS) is 18.3. The highest BCUT2D eigenvalue weighted by molar-refractivity contribution is 7.10. The third-order valence-corrected chi connectivity index (χ3v) is 5.07. The third-order valence-electron chi connectivity index (χ3n) is 4.08. The molecule has 0 aliphatic carbocycles. The largest absolute Gasteiger partial charge is 0.481 e. The second-order valence-corrected chi connectivity index (χ2v) is 6.60. The predicted molar refractivity (Wildman–Crippen MR) is 88.2 cm³/mol. The summed E-state index contributed by atoms with van der Waals surface area (Å²) >= 11 is 1.69. The molecular weight excluding hydrogens is 312 g/mol. The van der Waals surface area contributed by atoms with Crippen molar-refractivity contribution in [2.75, 3.05) is 6.54 Å². The first-order valence-corrected chi connectivity index (χ1v) is 8.35. The first-order valence-electron chi connectivity index (χ1n) is 7.47. The van der Waals surface area contributed by atoms with Crippen LogP contribution in [0.25, 0.3) is 0 Å². The Labute approximate surface area is 138 Å². The maximum absolute atomic E-state index is 12.7. The average Bonchev–Trinajstić information content (AvgIpc) is 3.02. The zero-order valence-corrected chi connectivity index (χ0v) is 13.3. The van der Waals surface area contributed by atoms with Crippen LogP contribution < -0.4 is 5.73 Å². The van der Waals surface area contributed by atoms with E-state index in [0.717, 1.165) is 17.5 Å². The zero-order chi connectivity index (χ0) is 16.4. The van der Waals surface area contributed by atoms with E-state index in [2.05, 4.69) is 0 Å². The van der Waals surface area contributed by atoms with Crippen molar-refractivity contribution in [1.29, 1.82) is 0 Å². The van der Waals surface area contributed by atoms with Crippen molar-refractivity contribution in [3.05, 3.63) is 57.8 Å². The van der Waals surface area contributed by atoms with Gasteiger partial charge >= 0.3 is 5.97 Å². The van der Waals surface area contributed by atoms with Crippen LogP contribution in [0.5, 0.6) is 0 Å². The molecule has 0 radical (unpaired) electrons. The van der Waals surface area contributed by atoms with E-state index in [-0.39, 0.29) is 18.4 Å². The summed E-state index contributed by atoms with van der Waals surface area (Å²) in [6.07, 6.45) is 0.426. The van der Waals surface area contributed by atoms with Gasteiger partial charge in [-0.2, -0.15) is 0 Å².